The quantitative estimate of drug-likeness (QED) is 0.933. The lowest BCUT2D eigenvalue weighted by Crippen LogP contribution is -2.16. The maximum absolute atomic E-state index is 12.0. The summed E-state index contributed by atoms with van der Waals surface area (Å²) in [5, 5.41) is 2.65. The van der Waals surface area contributed by atoms with Gasteiger partial charge in [0.05, 0.1) is 23.0 Å². The molecule has 1 heterocycles. The lowest BCUT2D eigenvalue weighted by molar-refractivity contribution is 0.102. The Morgan fingerprint density at radius 2 is 1.90 bits per heavy atom. The van der Waals surface area contributed by atoms with Crippen LogP contribution in [0.15, 0.2) is 41.6 Å². The molecule has 0 fully saturated rings. The Hall–Kier alpha value is -1.99. The van der Waals surface area contributed by atoms with Gasteiger partial charge in [0, 0.05) is 6.26 Å². The SMILES string of the molecule is CS(=O)(=O)c1ccccc1NC(=O)c1cnc(Cl)cn1. The van der Waals surface area contributed by atoms with Crippen LogP contribution in [0.1, 0.15) is 10.5 Å². The number of sulfone groups is 1. The highest BCUT2D eigenvalue weighted by Gasteiger charge is 2.16. The van der Waals surface area contributed by atoms with Crippen molar-refractivity contribution < 1.29 is 13.2 Å². The number of carbonyl (C=O) groups excluding carboxylic acids is 1. The smallest absolute Gasteiger partial charge is 0.275 e. The lowest BCUT2D eigenvalue weighted by Gasteiger charge is -2.09. The number of nitrogens with one attached hydrogen (secondary N) is 1. The molecule has 0 aliphatic rings. The fraction of sp³-hybridized carbons (Fsp3) is 0.0833. The van der Waals surface area contributed by atoms with Gasteiger partial charge in [0.2, 0.25) is 0 Å². The summed E-state index contributed by atoms with van der Waals surface area (Å²) in [7, 11) is -3.44. The van der Waals surface area contributed by atoms with Crippen molar-refractivity contribution in [1.29, 1.82) is 0 Å². The van der Waals surface area contributed by atoms with Gasteiger partial charge in [0.1, 0.15) is 10.8 Å². The molecule has 8 heteroatoms. The zero-order valence-electron chi connectivity index (χ0n) is 10.4. The predicted octanol–water partition coefficient (Wildman–Crippen LogP) is 1.79. The van der Waals surface area contributed by atoms with E-state index in [1.807, 2.05) is 0 Å². The number of hydrogen-bond acceptors (Lipinski definition) is 5. The normalized spacial score (nSPS) is 11.1. The molecule has 0 unspecified atom stereocenters. The number of halogens is 1. The summed E-state index contributed by atoms with van der Waals surface area (Å²) >= 11 is 5.58. The third-order valence-corrected chi connectivity index (χ3v) is 3.74. The Morgan fingerprint density at radius 1 is 1.20 bits per heavy atom. The van der Waals surface area contributed by atoms with Gasteiger partial charge >= 0.3 is 0 Å². The molecule has 0 atom stereocenters. The van der Waals surface area contributed by atoms with Crippen LogP contribution in [0.4, 0.5) is 5.69 Å². The highest BCUT2D eigenvalue weighted by Crippen LogP contribution is 2.21. The molecule has 104 valence electrons. The van der Waals surface area contributed by atoms with Crippen LogP contribution < -0.4 is 5.32 Å². The molecule has 2 aromatic rings. The van der Waals surface area contributed by atoms with E-state index in [4.69, 9.17) is 11.6 Å². The molecular formula is C12H10ClN3O3S. The first-order valence-corrected chi connectivity index (χ1v) is 7.73. The Bertz CT molecular complexity index is 745. The first kappa shape index (κ1) is 14.4. The van der Waals surface area contributed by atoms with Crippen molar-refractivity contribution in [1.82, 2.24) is 9.97 Å². The topological polar surface area (TPSA) is 89.0 Å². The molecule has 1 aromatic heterocycles. The van der Waals surface area contributed by atoms with Crippen molar-refractivity contribution in [2.75, 3.05) is 11.6 Å². The fourth-order valence-electron chi connectivity index (χ4n) is 1.51. The van der Waals surface area contributed by atoms with Crippen LogP contribution in [0.3, 0.4) is 0 Å². The second-order valence-corrected chi connectivity index (χ2v) is 6.32. The van der Waals surface area contributed by atoms with E-state index in [9.17, 15) is 13.2 Å². The van der Waals surface area contributed by atoms with Crippen LogP contribution in [0, 0.1) is 0 Å². The summed E-state index contributed by atoms with van der Waals surface area (Å²) in [4.78, 5) is 19.5. The van der Waals surface area contributed by atoms with Crippen LogP contribution in [0.5, 0.6) is 0 Å². The number of rotatable bonds is 3. The van der Waals surface area contributed by atoms with Gasteiger partial charge < -0.3 is 5.32 Å². The van der Waals surface area contributed by atoms with Crippen LogP contribution >= 0.6 is 11.6 Å². The molecule has 1 aromatic carbocycles. The second-order valence-electron chi connectivity index (χ2n) is 3.95. The van der Waals surface area contributed by atoms with Crippen molar-refractivity contribution in [3.8, 4) is 0 Å². The number of anilines is 1. The number of nitrogens with zero attached hydrogens (tertiary/aromatic N) is 2. The van der Waals surface area contributed by atoms with E-state index in [1.54, 1.807) is 12.1 Å². The predicted molar refractivity (Wildman–Crippen MR) is 74.5 cm³/mol. The van der Waals surface area contributed by atoms with E-state index >= 15 is 0 Å². The van der Waals surface area contributed by atoms with Crippen molar-refractivity contribution in [2.24, 2.45) is 0 Å². The third kappa shape index (κ3) is 3.31. The number of amides is 1. The van der Waals surface area contributed by atoms with Gasteiger partial charge in [-0.25, -0.2) is 18.4 Å². The van der Waals surface area contributed by atoms with Crippen LogP contribution in [-0.4, -0.2) is 30.5 Å². The number of benzene rings is 1. The van der Waals surface area contributed by atoms with Crippen LogP contribution in [-0.2, 0) is 9.84 Å². The molecule has 0 saturated heterocycles. The molecule has 20 heavy (non-hydrogen) atoms. The van der Waals surface area contributed by atoms with Gasteiger partial charge in [-0.1, -0.05) is 23.7 Å². The zero-order valence-corrected chi connectivity index (χ0v) is 11.9. The molecule has 1 N–H and O–H groups in total. The maximum Gasteiger partial charge on any atom is 0.275 e. The Kier molecular flexibility index (Phi) is 4.01. The molecule has 0 bridgehead atoms. The molecule has 6 nitrogen and oxygen atoms in total. The Balaban J connectivity index is 2.31. The average molecular weight is 312 g/mol. The molecule has 0 spiro atoms. The van der Waals surface area contributed by atoms with E-state index in [0.29, 0.717) is 0 Å². The van der Waals surface area contributed by atoms with Crippen molar-refractivity contribution in [2.45, 2.75) is 4.90 Å². The Labute approximate surface area is 120 Å². The minimum absolute atomic E-state index is 0.0373. The zero-order chi connectivity index (χ0) is 14.8. The summed E-state index contributed by atoms with van der Waals surface area (Å²) < 4.78 is 23.2. The lowest BCUT2D eigenvalue weighted by atomic mass is 10.3. The molecule has 0 aliphatic heterocycles. The van der Waals surface area contributed by atoms with E-state index in [0.717, 1.165) is 6.26 Å². The Morgan fingerprint density at radius 3 is 2.50 bits per heavy atom. The van der Waals surface area contributed by atoms with Gasteiger partial charge in [0.15, 0.2) is 9.84 Å². The number of para-hydroxylation sites is 1. The number of aromatic nitrogens is 2. The number of carbonyl (C=O) groups is 1. The molecule has 2 rings (SSSR count). The van der Waals surface area contributed by atoms with E-state index in [2.05, 4.69) is 15.3 Å². The standard InChI is InChI=1S/C12H10ClN3O3S/c1-20(18,19)10-5-3-2-4-8(10)16-12(17)9-6-15-11(13)7-14-9/h2-7H,1H3,(H,16,17). The van der Waals surface area contributed by atoms with Crippen molar-refractivity contribution in [3.05, 3.63) is 47.5 Å². The molecule has 0 radical (unpaired) electrons. The fourth-order valence-corrected chi connectivity index (χ4v) is 2.45. The van der Waals surface area contributed by atoms with Crippen LogP contribution in [0.2, 0.25) is 5.15 Å². The minimum atomic E-state index is -3.44. The average Bonchev–Trinajstić information content (AvgIpc) is 2.38. The summed E-state index contributed by atoms with van der Waals surface area (Å²) in [6, 6.07) is 6.11. The van der Waals surface area contributed by atoms with Gasteiger partial charge in [-0.15, -0.1) is 0 Å². The third-order valence-electron chi connectivity index (χ3n) is 2.39. The highest BCUT2D eigenvalue weighted by atomic mass is 35.5. The summed E-state index contributed by atoms with van der Waals surface area (Å²) in [5.74, 6) is -0.565. The minimum Gasteiger partial charge on any atom is -0.319 e. The summed E-state index contributed by atoms with van der Waals surface area (Å²) in [6.07, 6.45) is 3.51. The summed E-state index contributed by atoms with van der Waals surface area (Å²) in [5.41, 5.74) is 0.231. The van der Waals surface area contributed by atoms with Crippen molar-refractivity contribution >= 4 is 33.0 Å². The van der Waals surface area contributed by atoms with Gasteiger partial charge in [-0.2, -0.15) is 0 Å². The molecule has 0 saturated carbocycles. The van der Waals surface area contributed by atoms with Crippen molar-refractivity contribution in [3.63, 3.8) is 0 Å². The maximum atomic E-state index is 12.0. The second kappa shape index (κ2) is 5.56. The molecule has 0 aliphatic carbocycles. The van der Waals surface area contributed by atoms with Crippen LogP contribution in [0.25, 0.3) is 0 Å². The monoisotopic (exact) mass is 311 g/mol. The summed E-state index contributed by atoms with van der Waals surface area (Å²) in [6.45, 7) is 0. The van der Waals surface area contributed by atoms with Gasteiger partial charge in [-0.3, -0.25) is 4.79 Å². The van der Waals surface area contributed by atoms with Gasteiger partial charge in [0.25, 0.3) is 5.91 Å². The molecular weight excluding hydrogens is 302 g/mol. The first-order chi connectivity index (χ1) is 9.38. The van der Waals surface area contributed by atoms with E-state index < -0.39 is 15.7 Å². The molecule has 1 amide bonds. The number of hydrogen-bond donors (Lipinski definition) is 1. The first-order valence-electron chi connectivity index (χ1n) is 5.46. The van der Waals surface area contributed by atoms with Gasteiger partial charge in [-0.05, 0) is 12.1 Å². The highest BCUT2D eigenvalue weighted by molar-refractivity contribution is 7.90. The largest absolute Gasteiger partial charge is 0.319 e. The van der Waals surface area contributed by atoms with E-state index in [1.165, 1.54) is 24.5 Å². The van der Waals surface area contributed by atoms with E-state index in [-0.39, 0.29) is 21.4 Å².